The van der Waals surface area contributed by atoms with E-state index in [9.17, 15) is 9.50 Å². The van der Waals surface area contributed by atoms with E-state index in [4.69, 9.17) is 4.74 Å². The van der Waals surface area contributed by atoms with Crippen LogP contribution in [0.25, 0.3) is 11.1 Å². The number of benzene rings is 2. The summed E-state index contributed by atoms with van der Waals surface area (Å²) >= 11 is 0. The van der Waals surface area contributed by atoms with Gasteiger partial charge in [-0.05, 0) is 36.2 Å². The molecule has 0 atom stereocenters. The summed E-state index contributed by atoms with van der Waals surface area (Å²) in [5, 5.41) is 9.58. The molecule has 2 aromatic rings. The zero-order valence-electron chi connectivity index (χ0n) is 9.40. The second kappa shape index (κ2) is 4.45. The number of ether oxygens (including phenoxy) is 1. The summed E-state index contributed by atoms with van der Waals surface area (Å²) in [5.74, 6) is 0.296. The van der Waals surface area contributed by atoms with Crippen LogP contribution < -0.4 is 4.74 Å². The molecule has 1 radical (unpaired) electrons. The molecule has 1 N–H and O–H groups in total. The van der Waals surface area contributed by atoms with Gasteiger partial charge in [0.05, 0.1) is 7.11 Å². The minimum absolute atomic E-state index is 0.0913. The van der Waals surface area contributed by atoms with Crippen molar-refractivity contribution in [3.63, 3.8) is 0 Å². The van der Waals surface area contributed by atoms with E-state index in [0.717, 1.165) is 11.1 Å². The van der Waals surface area contributed by atoms with Gasteiger partial charge in [0.2, 0.25) is 0 Å². The maximum atomic E-state index is 12.8. The number of halogens is 1. The third kappa shape index (κ3) is 2.23. The van der Waals surface area contributed by atoms with Crippen molar-refractivity contribution in [2.45, 2.75) is 0 Å². The molecular weight excluding hydrogens is 219 g/mol. The van der Waals surface area contributed by atoms with Gasteiger partial charge in [-0.2, -0.15) is 0 Å². The Bertz CT molecular complexity index is 533. The lowest BCUT2D eigenvalue weighted by Crippen LogP contribution is -1.90. The van der Waals surface area contributed by atoms with Crippen LogP contribution in [0.2, 0.25) is 0 Å². The van der Waals surface area contributed by atoms with Gasteiger partial charge in [-0.1, -0.05) is 12.1 Å². The normalized spacial score (nSPS) is 10.3. The van der Waals surface area contributed by atoms with Crippen LogP contribution in [0.5, 0.6) is 11.5 Å². The quantitative estimate of drug-likeness (QED) is 0.858. The summed E-state index contributed by atoms with van der Waals surface area (Å²) in [7, 11) is 1.51. The van der Waals surface area contributed by atoms with E-state index in [1.54, 1.807) is 18.2 Å². The van der Waals surface area contributed by atoms with Crippen molar-refractivity contribution < 1.29 is 14.2 Å². The highest BCUT2D eigenvalue weighted by molar-refractivity contribution is 5.72. The SMILES string of the molecule is [CH2]c1c(OC)cc(O)cc1-c1ccc(F)cc1. The van der Waals surface area contributed by atoms with Crippen LogP contribution >= 0.6 is 0 Å². The van der Waals surface area contributed by atoms with Crippen LogP contribution in [0.1, 0.15) is 5.56 Å². The van der Waals surface area contributed by atoms with Crippen molar-refractivity contribution in [3.8, 4) is 22.6 Å². The highest BCUT2D eigenvalue weighted by Crippen LogP contribution is 2.34. The molecule has 2 nitrogen and oxygen atoms in total. The minimum Gasteiger partial charge on any atom is -0.508 e. The summed E-state index contributed by atoms with van der Waals surface area (Å²) < 4.78 is 18.0. The Morgan fingerprint density at radius 1 is 1.18 bits per heavy atom. The first kappa shape index (κ1) is 11.5. The third-order valence-corrected chi connectivity index (χ3v) is 2.57. The van der Waals surface area contributed by atoms with Gasteiger partial charge in [-0.15, -0.1) is 0 Å². The maximum absolute atomic E-state index is 12.8. The van der Waals surface area contributed by atoms with Crippen LogP contribution in [-0.2, 0) is 0 Å². The number of hydrogen-bond acceptors (Lipinski definition) is 2. The first-order chi connectivity index (χ1) is 8.11. The van der Waals surface area contributed by atoms with Crippen molar-refractivity contribution in [1.82, 2.24) is 0 Å². The summed E-state index contributed by atoms with van der Waals surface area (Å²) in [6.45, 7) is 3.90. The molecule has 0 aromatic heterocycles. The molecule has 0 aliphatic carbocycles. The van der Waals surface area contributed by atoms with Gasteiger partial charge in [0, 0.05) is 11.6 Å². The standard InChI is InChI=1S/C14H12FO2/c1-9-13(7-12(16)8-14(9)17-2)10-3-5-11(15)6-4-10/h3-8,16H,1H2,2H3. The van der Waals surface area contributed by atoms with Crippen molar-refractivity contribution in [1.29, 1.82) is 0 Å². The first-order valence-corrected chi connectivity index (χ1v) is 5.10. The lowest BCUT2D eigenvalue weighted by Gasteiger charge is -2.11. The monoisotopic (exact) mass is 231 g/mol. The zero-order valence-corrected chi connectivity index (χ0v) is 9.40. The van der Waals surface area contributed by atoms with Gasteiger partial charge < -0.3 is 9.84 Å². The fourth-order valence-electron chi connectivity index (χ4n) is 1.70. The van der Waals surface area contributed by atoms with Crippen molar-refractivity contribution >= 4 is 0 Å². The van der Waals surface area contributed by atoms with Gasteiger partial charge in [-0.3, -0.25) is 0 Å². The molecule has 0 aliphatic heterocycles. The number of rotatable bonds is 2. The Morgan fingerprint density at radius 2 is 1.82 bits per heavy atom. The summed E-state index contributed by atoms with van der Waals surface area (Å²) in [6, 6.07) is 9.08. The fraction of sp³-hybridized carbons (Fsp3) is 0.0714. The van der Waals surface area contributed by atoms with Crippen molar-refractivity contribution in [2.24, 2.45) is 0 Å². The molecule has 0 aliphatic rings. The Balaban J connectivity index is 2.58. The lowest BCUT2D eigenvalue weighted by molar-refractivity contribution is 0.406. The van der Waals surface area contributed by atoms with E-state index >= 15 is 0 Å². The minimum atomic E-state index is -0.300. The van der Waals surface area contributed by atoms with E-state index in [0.29, 0.717) is 11.3 Å². The average Bonchev–Trinajstić information content (AvgIpc) is 2.33. The number of aromatic hydroxyl groups is 1. The fourth-order valence-corrected chi connectivity index (χ4v) is 1.70. The van der Waals surface area contributed by atoms with E-state index < -0.39 is 0 Å². The zero-order chi connectivity index (χ0) is 12.4. The molecular formula is C14H12FO2. The second-order valence-corrected chi connectivity index (χ2v) is 3.68. The van der Waals surface area contributed by atoms with Gasteiger partial charge in [0.1, 0.15) is 17.3 Å². The van der Waals surface area contributed by atoms with E-state index in [-0.39, 0.29) is 11.6 Å². The summed E-state index contributed by atoms with van der Waals surface area (Å²) in [4.78, 5) is 0. The first-order valence-electron chi connectivity index (χ1n) is 5.10. The number of hydrogen-bond donors (Lipinski definition) is 1. The highest BCUT2D eigenvalue weighted by atomic mass is 19.1. The van der Waals surface area contributed by atoms with Gasteiger partial charge in [0.15, 0.2) is 0 Å². The van der Waals surface area contributed by atoms with Crippen molar-refractivity contribution in [2.75, 3.05) is 7.11 Å². The van der Waals surface area contributed by atoms with Gasteiger partial charge >= 0.3 is 0 Å². The Morgan fingerprint density at radius 3 is 2.41 bits per heavy atom. The Labute approximate surface area is 99.3 Å². The molecule has 2 rings (SSSR count). The predicted octanol–water partition coefficient (Wildman–Crippen LogP) is 3.39. The summed E-state index contributed by atoms with van der Waals surface area (Å²) in [5.41, 5.74) is 2.17. The van der Waals surface area contributed by atoms with Crippen LogP contribution in [0.3, 0.4) is 0 Å². The lowest BCUT2D eigenvalue weighted by atomic mass is 9.99. The molecule has 17 heavy (non-hydrogen) atoms. The molecule has 87 valence electrons. The van der Waals surface area contributed by atoms with Crippen LogP contribution in [0.4, 0.5) is 4.39 Å². The van der Waals surface area contributed by atoms with Crippen LogP contribution in [0, 0.1) is 12.7 Å². The molecule has 2 aromatic carbocycles. The molecule has 3 heteroatoms. The van der Waals surface area contributed by atoms with Gasteiger partial charge in [0.25, 0.3) is 0 Å². The van der Waals surface area contributed by atoms with Gasteiger partial charge in [-0.25, -0.2) is 4.39 Å². The van der Waals surface area contributed by atoms with Crippen molar-refractivity contribution in [3.05, 3.63) is 54.7 Å². The average molecular weight is 231 g/mol. The van der Waals surface area contributed by atoms with Crippen LogP contribution in [-0.4, -0.2) is 12.2 Å². The van der Waals surface area contributed by atoms with Crippen LogP contribution in [0.15, 0.2) is 36.4 Å². The molecule has 0 unspecified atom stereocenters. The number of phenols is 1. The third-order valence-electron chi connectivity index (χ3n) is 2.57. The maximum Gasteiger partial charge on any atom is 0.126 e. The molecule has 0 fully saturated rings. The molecule has 0 heterocycles. The highest BCUT2D eigenvalue weighted by Gasteiger charge is 2.09. The van der Waals surface area contributed by atoms with E-state index in [1.807, 2.05) is 0 Å². The molecule has 0 bridgehead atoms. The Kier molecular flexibility index (Phi) is 3.00. The predicted molar refractivity (Wildman–Crippen MR) is 64.5 cm³/mol. The number of phenolic OH excluding ortho intramolecular Hbond substituents is 1. The largest absolute Gasteiger partial charge is 0.508 e. The second-order valence-electron chi connectivity index (χ2n) is 3.68. The molecule has 0 spiro atoms. The molecule has 0 amide bonds. The molecule has 0 saturated heterocycles. The smallest absolute Gasteiger partial charge is 0.126 e. The number of methoxy groups -OCH3 is 1. The topological polar surface area (TPSA) is 29.5 Å². The van der Waals surface area contributed by atoms with E-state index in [2.05, 4.69) is 6.92 Å². The van der Waals surface area contributed by atoms with E-state index in [1.165, 1.54) is 25.3 Å². The Hall–Kier alpha value is -2.03. The molecule has 0 saturated carbocycles. The summed E-state index contributed by atoms with van der Waals surface area (Å²) in [6.07, 6.45) is 0.